The van der Waals surface area contributed by atoms with Gasteiger partial charge < -0.3 is 0 Å². The average molecular weight is 167 g/mol. The smallest absolute Gasteiger partial charge is 0.220 e. The van der Waals surface area contributed by atoms with Crippen molar-refractivity contribution in [2.24, 2.45) is 4.99 Å². The summed E-state index contributed by atoms with van der Waals surface area (Å²) in [5.74, 6) is 0. The Hall–Kier alpha value is -0.830. The summed E-state index contributed by atoms with van der Waals surface area (Å²) in [5.41, 5.74) is 0.697. The van der Waals surface area contributed by atoms with Gasteiger partial charge >= 0.3 is 0 Å². The molecular weight excluding hydrogens is 158 g/mol. The summed E-state index contributed by atoms with van der Waals surface area (Å²) in [6.45, 7) is 0. The lowest BCUT2D eigenvalue weighted by atomic mass is 10.2. The molecule has 1 rings (SSSR count). The van der Waals surface area contributed by atoms with Crippen LogP contribution in [0.15, 0.2) is 28.9 Å². The molecule has 0 aromatic rings. The molecule has 2 nitrogen and oxygen atoms in total. The number of aliphatic imine (C=N–C) groups is 1. The Kier molecular flexibility index (Phi) is 3.11. The maximum Gasteiger partial charge on any atom is 0.220 e. The van der Waals surface area contributed by atoms with E-state index in [1.165, 1.54) is 11.8 Å². The number of carbonyl (C=O) groups excluding carboxylic acids is 1. The molecular formula is C8H9NOS. The van der Waals surface area contributed by atoms with Gasteiger partial charge in [0, 0.05) is 18.0 Å². The Morgan fingerprint density at radius 2 is 2.55 bits per heavy atom. The second-order valence-corrected chi connectivity index (χ2v) is 2.83. The second kappa shape index (κ2) is 4.13. The zero-order valence-electron chi connectivity index (χ0n) is 6.28. The fraction of sp³-hybridized carbons (Fsp3) is 0.250. The van der Waals surface area contributed by atoms with Crippen LogP contribution in [0.3, 0.4) is 0 Å². The molecule has 0 bridgehead atoms. The van der Waals surface area contributed by atoms with Crippen LogP contribution in [-0.4, -0.2) is 17.6 Å². The number of allylic oxidation sites excluding steroid dienone is 2. The molecule has 0 aromatic heterocycles. The van der Waals surface area contributed by atoms with Crippen molar-refractivity contribution in [2.45, 2.75) is 6.42 Å². The monoisotopic (exact) mass is 167 g/mol. The molecule has 0 radical (unpaired) electrons. The minimum absolute atomic E-state index is 0.0810. The van der Waals surface area contributed by atoms with Crippen LogP contribution >= 0.6 is 11.8 Å². The predicted octanol–water partition coefficient (Wildman–Crippen LogP) is 1.79. The summed E-state index contributed by atoms with van der Waals surface area (Å²) in [5, 5.41) is 0.0810. The average Bonchev–Trinajstić information content (AvgIpc) is 2.30. The highest BCUT2D eigenvalue weighted by atomic mass is 32.2. The van der Waals surface area contributed by atoms with Crippen LogP contribution in [0.5, 0.6) is 0 Å². The van der Waals surface area contributed by atoms with Crippen molar-refractivity contribution in [3.05, 3.63) is 23.9 Å². The summed E-state index contributed by atoms with van der Waals surface area (Å²) in [6.07, 6.45) is 9.67. The van der Waals surface area contributed by atoms with E-state index >= 15 is 0 Å². The van der Waals surface area contributed by atoms with Crippen LogP contribution in [0.1, 0.15) is 6.42 Å². The van der Waals surface area contributed by atoms with E-state index in [4.69, 9.17) is 0 Å². The van der Waals surface area contributed by atoms with Crippen LogP contribution in [0.25, 0.3) is 0 Å². The van der Waals surface area contributed by atoms with Gasteiger partial charge in [-0.15, -0.1) is 0 Å². The van der Waals surface area contributed by atoms with Crippen LogP contribution in [0.2, 0.25) is 0 Å². The van der Waals surface area contributed by atoms with Gasteiger partial charge in [-0.3, -0.25) is 9.79 Å². The van der Waals surface area contributed by atoms with Gasteiger partial charge in [-0.25, -0.2) is 0 Å². The van der Waals surface area contributed by atoms with E-state index < -0.39 is 0 Å². The molecule has 0 saturated carbocycles. The largest absolute Gasteiger partial charge is 0.282 e. The molecule has 0 fully saturated rings. The highest BCUT2D eigenvalue weighted by Crippen LogP contribution is 2.08. The first-order chi connectivity index (χ1) is 5.34. The first-order valence-corrected chi connectivity index (χ1v) is 4.53. The molecule has 3 heteroatoms. The van der Waals surface area contributed by atoms with Crippen molar-refractivity contribution in [2.75, 3.05) is 6.26 Å². The van der Waals surface area contributed by atoms with Gasteiger partial charge in [0.25, 0.3) is 0 Å². The van der Waals surface area contributed by atoms with Crippen molar-refractivity contribution in [1.82, 2.24) is 0 Å². The number of hydrogen-bond acceptors (Lipinski definition) is 3. The Balaban J connectivity index is 2.72. The molecule has 0 spiro atoms. The van der Waals surface area contributed by atoms with Crippen LogP contribution in [0.4, 0.5) is 0 Å². The highest BCUT2D eigenvalue weighted by Gasteiger charge is 2.04. The molecule has 1 heterocycles. The van der Waals surface area contributed by atoms with Gasteiger partial charge in [-0.1, -0.05) is 23.9 Å². The summed E-state index contributed by atoms with van der Waals surface area (Å²) >= 11 is 1.21. The minimum atomic E-state index is 0.0810. The van der Waals surface area contributed by atoms with Crippen molar-refractivity contribution < 1.29 is 4.79 Å². The standard InChI is InChI=1S/C8H9NOS/c1-11-8(10)7-4-2-3-5-9-6-7/h3-6H,2H2,1H3. The quantitative estimate of drug-likeness (QED) is 0.596. The van der Waals surface area contributed by atoms with E-state index in [2.05, 4.69) is 4.99 Å². The molecule has 0 aromatic carbocycles. The van der Waals surface area contributed by atoms with E-state index in [1.807, 2.05) is 12.2 Å². The Morgan fingerprint density at radius 3 is 3.27 bits per heavy atom. The van der Waals surface area contributed by atoms with E-state index in [-0.39, 0.29) is 5.12 Å². The van der Waals surface area contributed by atoms with Crippen LogP contribution < -0.4 is 0 Å². The van der Waals surface area contributed by atoms with Gasteiger partial charge in [0.1, 0.15) is 0 Å². The van der Waals surface area contributed by atoms with E-state index in [9.17, 15) is 4.79 Å². The molecule has 1 aliphatic rings. The summed E-state index contributed by atoms with van der Waals surface area (Å²) < 4.78 is 0. The molecule has 1 aliphatic heterocycles. The number of rotatable bonds is 1. The van der Waals surface area contributed by atoms with Gasteiger partial charge in [-0.2, -0.15) is 0 Å². The lowest BCUT2D eigenvalue weighted by molar-refractivity contribution is -0.107. The fourth-order valence-corrected chi connectivity index (χ4v) is 1.12. The van der Waals surface area contributed by atoms with Crippen molar-refractivity contribution in [1.29, 1.82) is 0 Å². The van der Waals surface area contributed by atoms with E-state index in [1.54, 1.807) is 18.7 Å². The SMILES string of the molecule is CSC(=O)C1=CCC=CN=C1. The molecule has 0 unspecified atom stereocenters. The number of thioether (sulfide) groups is 1. The number of carbonyl (C=O) groups is 1. The summed E-state index contributed by atoms with van der Waals surface area (Å²) in [4.78, 5) is 15.0. The third-order valence-corrected chi connectivity index (χ3v) is 1.91. The maximum absolute atomic E-state index is 11.1. The lowest BCUT2D eigenvalue weighted by Crippen LogP contribution is -1.96. The van der Waals surface area contributed by atoms with Gasteiger partial charge in [0.2, 0.25) is 5.12 Å². The molecule has 0 N–H and O–H groups in total. The Bertz CT molecular complexity index is 240. The van der Waals surface area contributed by atoms with Gasteiger partial charge in [0.15, 0.2) is 0 Å². The molecule has 0 saturated heterocycles. The second-order valence-electron chi connectivity index (χ2n) is 2.05. The third kappa shape index (κ3) is 2.35. The van der Waals surface area contributed by atoms with Gasteiger partial charge in [0.05, 0.1) is 0 Å². The summed E-state index contributed by atoms with van der Waals surface area (Å²) in [6, 6.07) is 0. The number of hydrogen-bond donors (Lipinski definition) is 0. The first kappa shape index (κ1) is 8.27. The van der Waals surface area contributed by atoms with E-state index in [0.29, 0.717) is 5.57 Å². The molecule has 58 valence electrons. The maximum atomic E-state index is 11.1. The Morgan fingerprint density at radius 1 is 1.73 bits per heavy atom. The third-order valence-electron chi connectivity index (χ3n) is 1.30. The topological polar surface area (TPSA) is 29.4 Å². The van der Waals surface area contributed by atoms with Crippen molar-refractivity contribution >= 4 is 23.1 Å². The highest BCUT2D eigenvalue weighted by molar-refractivity contribution is 8.13. The number of nitrogens with zero attached hydrogens (tertiary/aromatic N) is 1. The fourth-order valence-electron chi connectivity index (χ4n) is 0.747. The zero-order valence-corrected chi connectivity index (χ0v) is 7.10. The lowest BCUT2D eigenvalue weighted by Gasteiger charge is -1.93. The van der Waals surface area contributed by atoms with Crippen molar-refractivity contribution in [3.8, 4) is 0 Å². The van der Waals surface area contributed by atoms with E-state index in [0.717, 1.165) is 6.42 Å². The van der Waals surface area contributed by atoms with Crippen LogP contribution in [0, 0.1) is 0 Å². The van der Waals surface area contributed by atoms with Gasteiger partial charge in [-0.05, 0) is 12.7 Å². The predicted molar refractivity (Wildman–Crippen MR) is 48.9 cm³/mol. The Labute approximate surface area is 70.1 Å². The molecule has 11 heavy (non-hydrogen) atoms. The molecule has 0 amide bonds. The van der Waals surface area contributed by atoms with Crippen molar-refractivity contribution in [3.63, 3.8) is 0 Å². The first-order valence-electron chi connectivity index (χ1n) is 3.31. The zero-order chi connectivity index (χ0) is 8.10. The molecule has 0 aliphatic carbocycles. The molecule has 0 atom stereocenters. The minimum Gasteiger partial charge on any atom is -0.282 e. The normalized spacial score (nSPS) is 15.9. The van der Waals surface area contributed by atoms with Crippen LogP contribution in [-0.2, 0) is 4.79 Å². The summed E-state index contributed by atoms with van der Waals surface area (Å²) in [7, 11) is 0.